The molecule has 0 saturated carbocycles. The number of nitrogens with zero attached hydrogens (tertiary/aromatic N) is 3. The number of β-amino-alcohol motifs (C(OH)–C–C–N with tert-alkyl or cyclic N) is 1. The number of ether oxygens (including phenoxy) is 1. The molecule has 5 rings (SSSR count). The van der Waals surface area contributed by atoms with E-state index < -0.39 is 24.0 Å². The van der Waals surface area contributed by atoms with Crippen LogP contribution in [0.15, 0.2) is 48.5 Å². The average molecular weight is 510 g/mol. The number of carbonyl (C=O) groups excluding carboxylic acids is 2. The molecule has 0 aromatic heterocycles. The van der Waals surface area contributed by atoms with Gasteiger partial charge in [0.05, 0.1) is 18.7 Å². The first kappa shape index (κ1) is 24.1. The molecule has 35 heavy (non-hydrogen) atoms. The second-order valence-electron chi connectivity index (χ2n) is 9.25. The summed E-state index contributed by atoms with van der Waals surface area (Å²) in [7, 11) is 0. The summed E-state index contributed by atoms with van der Waals surface area (Å²) in [5.74, 6) is -0.958. The molecule has 2 unspecified atom stereocenters. The minimum atomic E-state index is -4.75. The van der Waals surface area contributed by atoms with Gasteiger partial charge in [-0.1, -0.05) is 41.9 Å². The largest absolute Gasteiger partial charge is 0.573 e. The Morgan fingerprint density at radius 2 is 1.74 bits per heavy atom. The van der Waals surface area contributed by atoms with Crippen molar-refractivity contribution in [3.8, 4) is 5.75 Å². The topological polar surface area (TPSA) is 73.3 Å². The minimum absolute atomic E-state index is 0.0557. The highest BCUT2D eigenvalue weighted by atomic mass is 35.5. The van der Waals surface area contributed by atoms with E-state index in [4.69, 9.17) is 11.6 Å². The van der Waals surface area contributed by atoms with E-state index >= 15 is 0 Å². The monoisotopic (exact) mass is 509 g/mol. The molecule has 0 bridgehead atoms. The Balaban J connectivity index is 1.32. The van der Waals surface area contributed by atoms with E-state index in [-0.39, 0.29) is 37.1 Å². The number of aliphatic hydroxyl groups excluding tert-OH is 1. The highest BCUT2D eigenvalue weighted by Gasteiger charge is 2.64. The molecule has 2 aromatic carbocycles. The highest BCUT2D eigenvalue weighted by molar-refractivity contribution is 6.31. The van der Waals surface area contributed by atoms with Gasteiger partial charge in [-0.15, -0.1) is 13.2 Å². The fourth-order valence-corrected chi connectivity index (χ4v) is 5.49. The van der Waals surface area contributed by atoms with Gasteiger partial charge >= 0.3 is 6.36 Å². The summed E-state index contributed by atoms with van der Waals surface area (Å²) in [5, 5.41) is 10.8. The van der Waals surface area contributed by atoms with Crippen LogP contribution in [0.25, 0.3) is 0 Å². The van der Waals surface area contributed by atoms with Gasteiger partial charge in [0.2, 0.25) is 5.91 Å². The maximum Gasteiger partial charge on any atom is 0.573 e. The van der Waals surface area contributed by atoms with E-state index in [2.05, 4.69) is 4.74 Å². The van der Waals surface area contributed by atoms with E-state index in [9.17, 15) is 27.9 Å². The maximum atomic E-state index is 13.7. The molecule has 0 radical (unpaired) electrons. The molecule has 3 aliphatic rings. The lowest BCUT2D eigenvalue weighted by molar-refractivity contribution is -0.274. The van der Waals surface area contributed by atoms with Crippen molar-refractivity contribution in [1.82, 2.24) is 14.7 Å². The van der Waals surface area contributed by atoms with Crippen molar-refractivity contribution >= 4 is 23.4 Å². The van der Waals surface area contributed by atoms with Crippen molar-refractivity contribution in [2.24, 2.45) is 0 Å². The number of imide groups is 1. The number of aliphatic hydroxyl groups is 1. The fourth-order valence-electron chi connectivity index (χ4n) is 5.30. The van der Waals surface area contributed by atoms with Gasteiger partial charge in [-0.2, -0.15) is 0 Å². The van der Waals surface area contributed by atoms with Gasteiger partial charge in [0.1, 0.15) is 11.3 Å². The van der Waals surface area contributed by atoms with Crippen LogP contribution in [-0.4, -0.2) is 75.3 Å². The Bertz CT molecular complexity index is 1140. The first-order valence-electron chi connectivity index (χ1n) is 11.2. The number of fused-ring (bicyclic) bond motifs is 2. The number of alkyl halides is 3. The predicted molar refractivity (Wildman–Crippen MR) is 119 cm³/mol. The molecule has 3 fully saturated rings. The Morgan fingerprint density at radius 3 is 2.40 bits per heavy atom. The molecule has 0 aliphatic carbocycles. The summed E-state index contributed by atoms with van der Waals surface area (Å²) in [4.78, 5) is 31.9. The number of benzene rings is 2. The number of hydrogen-bond donors (Lipinski definition) is 1. The Hall–Kier alpha value is -2.66. The predicted octanol–water partition coefficient (Wildman–Crippen LogP) is 2.80. The molecule has 1 N–H and O–H groups in total. The van der Waals surface area contributed by atoms with Crippen LogP contribution >= 0.6 is 11.6 Å². The highest BCUT2D eigenvalue weighted by Crippen LogP contribution is 2.41. The summed E-state index contributed by atoms with van der Waals surface area (Å²) in [5.41, 5.74) is 0.478. The van der Waals surface area contributed by atoms with Crippen molar-refractivity contribution in [3.63, 3.8) is 0 Å². The molecule has 2 atom stereocenters. The third-order valence-corrected chi connectivity index (χ3v) is 7.21. The van der Waals surface area contributed by atoms with Crippen molar-refractivity contribution in [2.45, 2.75) is 43.6 Å². The minimum Gasteiger partial charge on any atom is -0.406 e. The number of carbonyl (C=O) groups is 2. The number of piperazine rings is 1. The zero-order valence-corrected chi connectivity index (χ0v) is 19.3. The molecule has 2 aromatic rings. The van der Waals surface area contributed by atoms with E-state index in [1.165, 1.54) is 17.0 Å². The summed E-state index contributed by atoms with van der Waals surface area (Å²) in [6.45, 7) is 1.38. The third kappa shape index (κ3) is 4.51. The summed E-state index contributed by atoms with van der Waals surface area (Å²) in [6, 6.07) is 12.0. The lowest BCUT2D eigenvalue weighted by Crippen LogP contribution is -2.81. The van der Waals surface area contributed by atoms with Crippen LogP contribution in [0.2, 0.25) is 5.02 Å². The van der Waals surface area contributed by atoms with Crippen molar-refractivity contribution in [3.05, 3.63) is 64.7 Å². The average Bonchev–Trinajstić information content (AvgIpc) is 3.16. The normalized spacial score (nSPS) is 24.5. The molecule has 11 heteroatoms. The first-order chi connectivity index (χ1) is 16.6. The number of amides is 2. The molecule has 7 nitrogen and oxygen atoms in total. The Labute approximate surface area is 204 Å². The van der Waals surface area contributed by atoms with Gasteiger partial charge in [0, 0.05) is 31.2 Å². The first-order valence-corrected chi connectivity index (χ1v) is 11.5. The lowest BCUT2D eigenvalue weighted by atomic mass is 9.82. The van der Waals surface area contributed by atoms with Crippen LogP contribution in [-0.2, 0) is 22.7 Å². The van der Waals surface area contributed by atoms with Crippen molar-refractivity contribution in [1.29, 1.82) is 0 Å². The molecule has 186 valence electrons. The van der Waals surface area contributed by atoms with E-state index in [0.29, 0.717) is 30.2 Å². The van der Waals surface area contributed by atoms with Crippen LogP contribution in [0, 0.1) is 0 Å². The van der Waals surface area contributed by atoms with Crippen LogP contribution < -0.4 is 4.74 Å². The lowest BCUT2D eigenvalue weighted by Gasteiger charge is -2.58. The van der Waals surface area contributed by atoms with Crippen molar-refractivity contribution in [2.75, 3.05) is 19.6 Å². The SMILES string of the molecule is O=C1C2CC(O)CN2C2(CN(Cc3ccc(OC(F)(F)F)cc3)C2)C(=O)N1Cc1ccccc1Cl. The van der Waals surface area contributed by atoms with E-state index in [0.717, 1.165) is 5.56 Å². The van der Waals surface area contributed by atoms with Gasteiger partial charge < -0.3 is 9.84 Å². The van der Waals surface area contributed by atoms with E-state index in [1.54, 1.807) is 36.4 Å². The molecule has 3 aliphatic heterocycles. The standard InChI is InChI=1S/C24H23ClF3N3O4/c25-19-4-2-1-3-16(19)11-30-21(33)20-9-17(32)12-31(20)23(22(30)34)13-29(14-23)10-15-5-7-18(8-6-15)35-24(26,27)28/h1-8,17,20,32H,9-14H2. The zero-order chi connectivity index (χ0) is 25.0. The number of rotatable bonds is 5. The molecular formula is C24H23ClF3N3O4. The summed E-state index contributed by atoms with van der Waals surface area (Å²) < 4.78 is 41.1. The number of hydrogen-bond acceptors (Lipinski definition) is 6. The van der Waals surface area contributed by atoms with Gasteiger partial charge in [0.25, 0.3) is 5.91 Å². The number of likely N-dealkylation sites (tertiary alicyclic amines) is 1. The Morgan fingerprint density at radius 1 is 1.06 bits per heavy atom. The van der Waals surface area contributed by atoms with Gasteiger partial charge in [-0.25, -0.2) is 0 Å². The molecular weight excluding hydrogens is 487 g/mol. The van der Waals surface area contributed by atoms with Crippen LogP contribution in [0.1, 0.15) is 17.5 Å². The molecule has 1 spiro atoms. The molecule has 3 saturated heterocycles. The molecule has 3 heterocycles. The Kier molecular flexibility index (Phi) is 6.03. The maximum absolute atomic E-state index is 13.7. The van der Waals surface area contributed by atoms with Crippen LogP contribution in [0.4, 0.5) is 13.2 Å². The van der Waals surface area contributed by atoms with Crippen molar-refractivity contribution < 1.29 is 32.6 Å². The second-order valence-corrected chi connectivity index (χ2v) is 9.65. The van der Waals surface area contributed by atoms with Crippen LogP contribution in [0.5, 0.6) is 5.75 Å². The van der Waals surface area contributed by atoms with Crippen LogP contribution in [0.3, 0.4) is 0 Å². The van der Waals surface area contributed by atoms with E-state index in [1.807, 2.05) is 9.80 Å². The summed E-state index contributed by atoms with van der Waals surface area (Å²) in [6.07, 6.45) is -5.20. The fraction of sp³-hybridized carbons (Fsp3) is 0.417. The summed E-state index contributed by atoms with van der Waals surface area (Å²) >= 11 is 6.27. The zero-order valence-electron chi connectivity index (χ0n) is 18.5. The third-order valence-electron chi connectivity index (χ3n) is 6.84. The van der Waals surface area contributed by atoms with Gasteiger partial charge in [-0.05, 0) is 35.7 Å². The number of halogens is 4. The second kappa shape index (κ2) is 8.77. The smallest absolute Gasteiger partial charge is 0.406 e. The molecule has 2 amide bonds. The van der Waals surface area contributed by atoms with Gasteiger partial charge in [0.15, 0.2) is 0 Å². The van der Waals surface area contributed by atoms with Gasteiger partial charge in [-0.3, -0.25) is 24.3 Å². The quantitative estimate of drug-likeness (QED) is 0.625.